The van der Waals surface area contributed by atoms with Crippen LogP contribution in [0.2, 0.25) is 0 Å². The van der Waals surface area contributed by atoms with E-state index in [9.17, 15) is 19.2 Å². The summed E-state index contributed by atoms with van der Waals surface area (Å²) in [7, 11) is 0. The number of esters is 4. The van der Waals surface area contributed by atoms with Crippen molar-refractivity contribution in [3.05, 3.63) is 144 Å². The molecule has 1 aliphatic heterocycles. The maximum Gasteiger partial charge on any atom is 0.338 e. The van der Waals surface area contributed by atoms with Crippen LogP contribution in [0.3, 0.4) is 0 Å². The third-order valence-electron chi connectivity index (χ3n) is 6.72. The number of carbonyl (C=O) groups is 4. The summed E-state index contributed by atoms with van der Waals surface area (Å²) in [6.07, 6.45) is -5.13. The van der Waals surface area contributed by atoms with E-state index < -0.39 is 53.3 Å². The van der Waals surface area contributed by atoms with E-state index in [0.29, 0.717) is 5.56 Å². The molecule has 1 aliphatic rings. The standard InChI is InChI=1S/C34H27BrO9/c35-30-29(44-34(39)25-19-11-4-12-20-25)28(43-33(38)24-17-9-3-10-18-24)27(42-32(37)23-15-7-2-8-16-23)26(41-30)21-40-31(36)22-13-5-1-6-14-22/h1-20,26-30H,21H2/t26?,27-,28-,29?,30+/m0/s1. The number of ether oxygens (including phenoxy) is 5. The highest BCUT2D eigenvalue weighted by Crippen LogP contribution is 2.33. The summed E-state index contributed by atoms with van der Waals surface area (Å²) in [5, 5.41) is -1.05. The van der Waals surface area contributed by atoms with Crippen LogP contribution in [0.4, 0.5) is 0 Å². The van der Waals surface area contributed by atoms with E-state index in [1.807, 2.05) is 0 Å². The molecule has 0 N–H and O–H groups in total. The minimum Gasteiger partial charge on any atom is -0.459 e. The molecule has 5 rings (SSSR count). The molecule has 0 aromatic heterocycles. The van der Waals surface area contributed by atoms with Crippen LogP contribution in [-0.4, -0.2) is 59.9 Å². The van der Waals surface area contributed by atoms with Crippen molar-refractivity contribution in [3.8, 4) is 0 Å². The highest BCUT2D eigenvalue weighted by Gasteiger charge is 2.52. The zero-order valence-corrected chi connectivity index (χ0v) is 24.8. The molecule has 2 unspecified atom stereocenters. The van der Waals surface area contributed by atoms with Gasteiger partial charge in [-0.05, 0) is 48.5 Å². The van der Waals surface area contributed by atoms with Gasteiger partial charge in [-0.2, -0.15) is 0 Å². The Morgan fingerprint density at radius 1 is 0.500 bits per heavy atom. The fourth-order valence-corrected chi connectivity index (χ4v) is 5.20. The average Bonchev–Trinajstić information content (AvgIpc) is 3.07. The van der Waals surface area contributed by atoms with Crippen molar-refractivity contribution in [1.82, 2.24) is 0 Å². The van der Waals surface area contributed by atoms with Crippen LogP contribution in [0.15, 0.2) is 121 Å². The Morgan fingerprint density at radius 2 is 0.841 bits per heavy atom. The Balaban J connectivity index is 1.48. The van der Waals surface area contributed by atoms with Gasteiger partial charge < -0.3 is 23.7 Å². The topological polar surface area (TPSA) is 114 Å². The summed E-state index contributed by atoms with van der Waals surface area (Å²) in [5.74, 6) is -2.85. The molecule has 10 heteroatoms. The first kappa shape index (κ1) is 30.7. The van der Waals surface area contributed by atoms with Crippen LogP contribution in [-0.2, 0) is 23.7 Å². The number of rotatable bonds is 9. The van der Waals surface area contributed by atoms with E-state index in [2.05, 4.69) is 15.9 Å². The van der Waals surface area contributed by atoms with Gasteiger partial charge in [-0.25, -0.2) is 19.2 Å². The molecule has 0 saturated carbocycles. The molecule has 5 atom stereocenters. The van der Waals surface area contributed by atoms with Gasteiger partial charge in [0.2, 0.25) is 0 Å². The largest absolute Gasteiger partial charge is 0.459 e. The molecule has 9 nitrogen and oxygen atoms in total. The van der Waals surface area contributed by atoms with Gasteiger partial charge in [0.1, 0.15) is 12.7 Å². The number of benzene rings is 4. The third kappa shape index (κ3) is 7.58. The van der Waals surface area contributed by atoms with Gasteiger partial charge in [0.25, 0.3) is 0 Å². The maximum absolute atomic E-state index is 13.3. The van der Waals surface area contributed by atoms with Crippen LogP contribution < -0.4 is 0 Å². The predicted octanol–water partition coefficient (Wildman–Crippen LogP) is 5.64. The molecule has 0 amide bonds. The summed E-state index contributed by atoms with van der Waals surface area (Å²) in [6.45, 7) is -0.374. The number of hydrogen-bond donors (Lipinski definition) is 0. The smallest absolute Gasteiger partial charge is 0.338 e. The van der Waals surface area contributed by atoms with Crippen molar-refractivity contribution in [2.75, 3.05) is 6.61 Å². The molecule has 44 heavy (non-hydrogen) atoms. The van der Waals surface area contributed by atoms with Crippen LogP contribution >= 0.6 is 15.9 Å². The fourth-order valence-electron chi connectivity index (χ4n) is 4.51. The fraction of sp³-hybridized carbons (Fsp3) is 0.176. The van der Waals surface area contributed by atoms with Crippen molar-refractivity contribution in [2.24, 2.45) is 0 Å². The zero-order valence-electron chi connectivity index (χ0n) is 23.2. The van der Waals surface area contributed by atoms with E-state index >= 15 is 0 Å². The lowest BCUT2D eigenvalue weighted by molar-refractivity contribution is -0.205. The molecule has 1 fully saturated rings. The summed E-state index contributed by atoms with van der Waals surface area (Å²) in [6, 6.07) is 32.9. The zero-order chi connectivity index (χ0) is 30.9. The molecule has 4 aromatic carbocycles. The number of halogens is 1. The summed E-state index contributed by atoms with van der Waals surface area (Å²) >= 11 is 3.40. The average molecular weight is 659 g/mol. The van der Waals surface area contributed by atoms with Gasteiger partial charge in [-0.15, -0.1) is 0 Å². The lowest BCUT2D eigenvalue weighted by atomic mass is 9.99. The van der Waals surface area contributed by atoms with E-state index in [1.165, 1.54) is 0 Å². The number of hydrogen-bond acceptors (Lipinski definition) is 9. The second-order valence-corrected chi connectivity index (χ2v) is 10.6. The van der Waals surface area contributed by atoms with Gasteiger partial charge in [0.15, 0.2) is 23.3 Å². The minimum absolute atomic E-state index is 0.221. The van der Waals surface area contributed by atoms with Crippen LogP contribution in [0.5, 0.6) is 0 Å². The van der Waals surface area contributed by atoms with Crippen molar-refractivity contribution in [2.45, 2.75) is 29.4 Å². The highest BCUT2D eigenvalue weighted by molar-refractivity contribution is 9.09. The lowest BCUT2D eigenvalue weighted by Crippen LogP contribution is -2.61. The second-order valence-electron chi connectivity index (χ2n) is 9.70. The van der Waals surface area contributed by atoms with Gasteiger partial charge in [-0.3, -0.25) is 0 Å². The van der Waals surface area contributed by atoms with Gasteiger partial charge in [0, 0.05) is 0 Å². The van der Waals surface area contributed by atoms with Gasteiger partial charge in [0.05, 0.1) is 22.3 Å². The maximum atomic E-state index is 13.3. The van der Waals surface area contributed by atoms with Gasteiger partial charge >= 0.3 is 23.9 Å². The molecular formula is C34H27BrO9. The first-order chi connectivity index (χ1) is 21.4. The summed E-state index contributed by atoms with van der Waals surface area (Å²) in [4.78, 5) is 52.6. The molecule has 224 valence electrons. The molecule has 0 bridgehead atoms. The normalized spacial score (nSPS) is 21.0. The summed E-state index contributed by atoms with van der Waals surface area (Å²) < 4.78 is 29.3. The molecule has 1 heterocycles. The summed E-state index contributed by atoms with van der Waals surface area (Å²) in [5.41, 5.74) is 0.994. The van der Waals surface area contributed by atoms with Crippen molar-refractivity contribution < 1.29 is 42.9 Å². The third-order valence-corrected chi connectivity index (χ3v) is 7.46. The van der Waals surface area contributed by atoms with E-state index in [4.69, 9.17) is 23.7 Å². The van der Waals surface area contributed by atoms with Crippen LogP contribution in [0.1, 0.15) is 41.4 Å². The SMILES string of the molecule is O=C(OCC1O[C@@H](Br)C(OC(=O)c2ccccc2)[C@@H](OC(=O)c2ccccc2)[C@H]1OC(=O)c1ccccc1)c1ccccc1. The Hall–Kier alpha value is -4.80. The van der Waals surface area contributed by atoms with Crippen molar-refractivity contribution in [1.29, 1.82) is 0 Å². The van der Waals surface area contributed by atoms with E-state index in [-0.39, 0.29) is 23.3 Å². The molecule has 0 spiro atoms. The quantitative estimate of drug-likeness (QED) is 0.128. The van der Waals surface area contributed by atoms with Crippen LogP contribution in [0, 0.1) is 0 Å². The molecular weight excluding hydrogens is 632 g/mol. The van der Waals surface area contributed by atoms with Crippen molar-refractivity contribution in [3.63, 3.8) is 0 Å². The monoisotopic (exact) mass is 658 g/mol. The molecule has 1 saturated heterocycles. The first-order valence-corrected chi connectivity index (χ1v) is 14.6. The van der Waals surface area contributed by atoms with Crippen molar-refractivity contribution >= 4 is 39.8 Å². The Kier molecular flexibility index (Phi) is 10.2. The molecule has 4 aromatic rings. The van der Waals surface area contributed by atoms with E-state index in [1.54, 1.807) is 121 Å². The Bertz CT molecular complexity index is 1570. The molecule has 0 aliphatic carbocycles. The minimum atomic E-state index is -1.37. The first-order valence-electron chi connectivity index (χ1n) is 13.7. The Morgan fingerprint density at radius 3 is 1.25 bits per heavy atom. The van der Waals surface area contributed by atoms with E-state index in [0.717, 1.165) is 0 Å². The molecule has 0 radical (unpaired) electrons. The Labute approximate surface area is 261 Å². The predicted molar refractivity (Wildman–Crippen MR) is 161 cm³/mol. The number of carbonyl (C=O) groups excluding carboxylic acids is 4. The van der Waals surface area contributed by atoms with Crippen LogP contribution in [0.25, 0.3) is 0 Å². The van der Waals surface area contributed by atoms with Gasteiger partial charge in [-0.1, -0.05) is 88.7 Å². The number of alkyl halides is 1. The lowest BCUT2D eigenvalue weighted by Gasteiger charge is -2.43. The second kappa shape index (κ2) is 14.6. The highest BCUT2D eigenvalue weighted by atomic mass is 79.9.